The minimum absolute atomic E-state index is 0.130. The van der Waals surface area contributed by atoms with Crippen LogP contribution in [0.15, 0.2) is 125 Å². The average molecular weight is 829 g/mol. The van der Waals surface area contributed by atoms with E-state index in [1.54, 1.807) is 52.3 Å². The number of aryl methyl sites for hydroxylation is 1. The van der Waals surface area contributed by atoms with Gasteiger partial charge in [0.05, 0.1) is 50.8 Å². The highest BCUT2D eigenvalue weighted by molar-refractivity contribution is 6.71. The van der Waals surface area contributed by atoms with Gasteiger partial charge >= 0.3 is 0 Å². The van der Waals surface area contributed by atoms with E-state index in [2.05, 4.69) is 10.3 Å². The van der Waals surface area contributed by atoms with Gasteiger partial charge in [0.2, 0.25) is 0 Å². The summed E-state index contributed by atoms with van der Waals surface area (Å²) in [5, 5.41) is 19.0. The minimum atomic E-state index is -3.02. The molecule has 6 aromatic rings. The van der Waals surface area contributed by atoms with Crippen LogP contribution in [0.3, 0.4) is 0 Å². The number of anilines is 1. The smallest absolute Gasteiger partial charge is 0.297 e. The summed E-state index contributed by atoms with van der Waals surface area (Å²) in [5.74, 6) is -0.672. The molecule has 14 nitrogen and oxygen atoms in total. The standard InChI is InChI=1S/C45H48N6O8Si/c1-29-41(60(4,5)56)38(21-24-48-27-36(46-47-48)34(28-52)31-11-7-6-8-12-31)59-45(29)35-25-33(50-23-10-14-40(58-3)43(50)54)19-20-37(35)51(44(45)55)26-30-15-17-32(18-16-30)49-22-9-13-39(57-2)42(49)53/h6-20,22-23,25,27,29,34,38,41,52,56H,21,24,26,28H2,1-5H3/t29-,34?,38+,41-,45+/m0/s1. The normalized spacial score (nSPS) is 20.4. The van der Waals surface area contributed by atoms with Gasteiger partial charge in [0.25, 0.3) is 17.0 Å². The second kappa shape index (κ2) is 16.1. The number of fused-ring (bicyclic) bond motifs is 2. The number of pyridine rings is 2. The first-order chi connectivity index (χ1) is 28.9. The Morgan fingerprint density at radius 1 is 0.850 bits per heavy atom. The quantitative estimate of drug-likeness (QED) is 0.149. The number of rotatable bonds is 13. The molecule has 60 heavy (non-hydrogen) atoms. The molecule has 1 amide bonds. The van der Waals surface area contributed by atoms with E-state index in [-0.39, 0.29) is 53.1 Å². The first-order valence-corrected chi connectivity index (χ1v) is 23.0. The number of amides is 1. The molecule has 2 N–H and O–H groups in total. The number of ether oxygens (including phenoxy) is 3. The number of nitrogens with zero attached hydrogens (tertiary/aromatic N) is 6. The van der Waals surface area contributed by atoms with Crippen LogP contribution in [-0.4, -0.2) is 75.2 Å². The van der Waals surface area contributed by atoms with E-state index in [1.807, 2.05) is 92.9 Å². The number of hydrogen-bond acceptors (Lipinski definition) is 10. The average Bonchev–Trinajstić information content (AvgIpc) is 3.91. The van der Waals surface area contributed by atoms with Crippen LogP contribution < -0.4 is 25.5 Å². The summed E-state index contributed by atoms with van der Waals surface area (Å²) in [5.41, 5.74) is 2.28. The van der Waals surface area contributed by atoms with Gasteiger partial charge in [-0.2, -0.15) is 0 Å². The minimum Gasteiger partial charge on any atom is -0.491 e. The molecule has 2 aliphatic rings. The molecule has 1 fully saturated rings. The van der Waals surface area contributed by atoms with E-state index < -0.39 is 25.9 Å². The Hall–Kier alpha value is -6.13. The van der Waals surface area contributed by atoms with Gasteiger partial charge in [-0.1, -0.05) is 54.6 Å². The Morgan fingerprint density at radius 3 is 2.10 bits per heavy atom. The predicted molar refractivity (Wildman–Crippen MR) is 228 cm³/mol. The van der Waals surface area contributed by atoms with Crippen molar-refractivity contribution >= 4 is 19.9 Å². The largest absolute Gasteiger partial charge is 0.491 e. The fraction of sp³-hybridized carbons (Fsp3) is 0.311. The third-order valence-electron chi connectivity index (χ3n) is 12.0. The molecule has 1 unspecified atom stereocenters. The summed E-state index contributed by atoms with van der Waals surface area (Å²) in [4.78, 5) is 55.4. The fourth-order valence-corrected chi connectivity index (χ4v) is 11.8. The van der Waals surface area contributed by atoms with Crippen molar-refractivity contribution in [2.45, 2.75) is 62.7 Å². The van der Waals surface area contributed by atoms with E-state index >= 15 is 4.79 Å². The highest BCUT2D eigenvalue weighted by Gasteiger charge is 2.66. The lowest BCUT2D eigenvalue weighted by Crippen LogP contribution is -2.46. The Bertz CT molecular complexity index is 2640. The van der Waals surface area contributed by atoms with Crippen LogP contribution in [0.2, 0.25) is 18.6 Å². The third-order valence-corrected chi connectivity index (χ3v) is 14.5. The molecule has 1 spiro atoms. The number of aliphatic hydroxyl groups is 1. The topological polar surface area (TPSA) is 163 Å². The van der Waals surface area contributed by atoms with Crippen LogP contribution in [0.5, 0.6) is 11.5 Å². The summed E-state index contributed by atoms with van der Waals surface area (Å²) in [7, 11) is -0.124. The summed E-state index contributed by atoms with van der Waals surface area (Å²) in [6, 6.07) is 29.2. The number of aromatic nitrogens is 5. The number of carbonyl (C=O) groups excluding carboxylic acids is 1. The van der Waals surface area contributed by atoms with E-state index in [1.165, 1.54) is 23.4 Å². The van der Waals surface area contributed by atoms with E-state index in [9.17, 15) is 19.5 Å². The molecule has 3 aromatic heterocycles. The lowest BCUT2D eigenvalue weighted by molar-refractivity contribution is -0.146. The fourth-order valence-electron chi connectivity index (χ4n) is 9.15. The maximum absolute atomic E-state index is 15.3. The Balaban J connectivity index is 1.15. The number of methoxy groups -OCH3 is 2. The van der Waals surface area contributed by atoms with E-state index in [4.69, 9.17) is 14.2 Å². The zero-order valence-corrected chi connectivity index (χ0v) is 35.1. The molecule has 0 aliphatic carbocycles. The van der Waals surface area contributed by atoms with Crippen molar-refractivity contribution in [1.29, 1.82) is 0 Å². The molecular weight excluding hydrogens is 781 g/mol. The van der Waals surface area contributed by atoms with Crippen molar-refractivity contribution < 1.29 is 28.9 Å². The zero-order chi connectivity index (χ0) is 42.3. The molecule has 8 rings (SSSR count). The molecule has 5 heterocycles. The second-order valence-electron chi connectivity index (χ2n) is 16.0. The van der Waals surface area contributed by atoms with E-state index in [0.717, 1.165) is 11.1 Å². The molecule has 0 radical (unpaired) electrons. The number of hydrogen-bond donors (Lipinski definition) is 2. The zero-order valence-electron chi connectivity index (χ0n) is 34.1. The number of aliphatic hydroxyl groups excluding tert-OH is 1. The monoisotopic (exact) mass is 828 g/mol. The summed E-state index contributed by atoms with van der Waals surface area (Å²) < 4.78 is 22.4. The third kappa shape index (κ3) is 7.06. The molecule has 310 valence electrons. The second-order valence-corrected chi connectivity index (χ2v) is 19.9. The molecule has 15 heteroatoms. The molecule has 0 saturated carbocycles. The van der Waals surface area contributed by atoms with Crippen LogP contribution in [0.25, 0.3) is 11.4 Å². The first kappa shape index (κ1) is 40.6. The van der Waals surface area contributed by atoms with Crippen LogP contribution in [0.4, 0.5) is 5.69 Å². The molecule has 1 saturated heterocycles. The Morgan fingerprint density at radius 2 is 1.48 bits per heavy atom. The lowest BCUT2D eigenvalue weighted by Gasteiger charge is -2.32. The maximum Gasteiger partial charge on any atom is 0.297 e. The van der Waals surface area contributed by atoms with Gasteiger partial charge in [0.15, 0.2) is 25.4 Å². The highest BCUT2D eigenvalue weighted by atomic mass is 28.4. The molecule has 3 aromatic carbocycles. The van der Waals surface area contributed by atoms with Crippen LogP contribution in [-0.2, 0) is 28.2 Å². The van der Waals surface area contributed by atoms with Gasteiger partial charge in [0, 0.05) is 53.5 Å². The summed E-state index contributed by atoms with van der Waals surface area (Å²) >= 11 is 0. The van der Waals surface area contributed by atoms with Crippen molar-refractivity contribution in [1.82, 2.24) is 24.1 Å². The van der Waals surface area contributed by atoms with Crippen molar-refractivity contribution in [3.05, 3.63) is 159 Å². The van der Waals surface area contributed by atoms with Gasteiger partial charge in [-0.3, -0.25) is 28.2 Å². The van der Waals surface area contributed by atoms with Crippen molar-refractivity contribution in [2.75, 3.05) is 25.7 Å². The van der Waals surface area contributed by atoms with Gasteiger partial charge in [0.1, 0.15) is 0 Å². The Kier molecular flexibility index (Phi) is 10.9. The van der Waals surface area contributed by atoms with Gasteiger partial charge in [-0.15, -0.1) is 5.10 Å². The lowest BCUT2D eigenvalue weighted by atomic mass is 9.82. The summed E-state index contributed by atoms with van der Waals surface area (Å²) in [6.45, 7) is 6.19. The molecule has 2 aliphatic heterocycles. The van der Waals surface area contributed by atoms with Crippen LogP contribution >= 0.6 is 0 Å². The molecule has 0 bridgehead atoms. The van der Waals surface area contributed by atoms with E-state index in [0.29, 0.717) is 41.3 Å². The SMILES string of the molecule is COc1cccn(-c2ccc(CN3C(=O)[C@]4(O[C@H](CCn5cc(C(CO)c6ccccc6)nn5)[C@@H]([Si](C)(C)O)[C@@H]4C)c4cc(-n5cccc(OC)c5=O)ccc43)cc2)c1=O. The molecular formula is C45H48N6O8Si. The van der Waals surface area contributed by atoms with Gasteiger partial charge < -0.3 is 29.0 Å². The van der Waals surface area contributed by atoms with Crippen molar-refractivity contribution in [2.24, 2.45) is 5.92 Å². The number of carbonyl (C=O) groups is 1. The van der Waals surface area contributed by atoms with Gasteiger partial charge in [-0.05, 0) is 85.2 Å². The highest BCUT2D eigenvalue weighted by Crippen LogP contribution is 2.60. The van der Waals surface area contributed by atoms with Crippen LogP contribution in [0, 0.1) is 5.92 Å². The maximum atomic E-state index is 15.3. The van der Waals surface area contributed by atoms with Crippen LogP contribution in [0.1, 0.15) is 41.6 Å². The van der Waals surface area contributed by atoms with Crippen molar-refractivity contribution in [3.8, 4) is 22.9 Å². The number of benzene rings is 3. The van der Waals surface area contributed by atoms with Crippen molar-refractivity contribution in [3.63, 3.8) is 0 Å². The predicted octanol–water partition coefficient (Wildman–Crippen LogP) is 5.16. The van der Waals surface area contributed by atoms with Gasteiger partial charge in [-0.25, -0.2) is 0 Å². The Labute approximate surface area is 348 Å². The first-order valence-electron chi connectivity index (χ1n) is 19.9. The summed E-state index contributed by atoms with van der Waals surface area (Å²) in [6.07, 6.45) is 5.04. The molecule has 5 atom stereocenters.